The summed E-state index contributed by atoms with van der Waals surface area (Å²) in [5.41, 5.74) is 1.57. The van der Waals surface area contributed by atoms with E-state index >= 15 is 0 Å². The van der Waals surface area contributed by atoms with Gasteiger partial charge in [-0.1, -0.05) is 0 Å². The lowest BCUT2D eigenvalue weighted by Gasteiger charge is -2.31. The van der Waals surface area contributed by atoms with Crippen molar-refractivity contribution in [3.63, 3.8) is 0 Å². The molecule has 1 fully saturated rings. The lowest BCUT2D eigenvalue weighted by molar-refractivity contribution is -0.145. The normalized spacial score (nSPS) is 17.3. The highest BCUT2D eigenvalue weighted by Gasteiger charge is 2.31. The van der Waals surface area contributed by atoms with Crippen LogP contribution in [-0.4, -0.2) is 57.9 Å². The number of ether oxygens (including phenoxy) is 1. The van der Waals surface area contributed by atoms with E-state index in [1.165, 1.54) is 6.07 Å². The van der Waals surface area contributed by atoms with E-state index in [1.54, 1.807) is 18.3 Å². The van der Waals surface area contributed by atoms with Crippen molar-refractivity contribution >= 4 is 22.8 Å². The number of benzene rings is 1. The van der Waals surface area contributed by atoms with Crippen molar-refractivity contribution in [2.45, 2.75) is 6.04 Å². The van der Waals surface area contributed by atoms with Gasteiger partial charge in [0, 0.05) is 42.8 Å². The molecular formula is C16H18N2O5. The van der Waals surface area contributed by atoms with E-state index in [4.69, 9.17) is 4.74 Å². The Morgan fingerprint density at radius 1 is 1.22 bits per heavy atom. The number of rotatable bonds is 4. The van der Waals surface area contributed by atoms with E-state index in [0.717, 1.165) is 5.52 Å². The second-order valence-electron chi connectivity index (χ2n) is 5.62. The highest BCUT2D eigenvalue weighted by atomic mass is 16.5. The van der Waals surface area contributed by atoms with Crippen LogP contribution < -0.4 is 0 Å². The highest BCUT2D eigenvalue weighted by Crippen LogP contribution is 2.31. The second-order valence-corrected chi connectivity index (χ2v) is 5.62. The van der Waals surface area contributed by atoms with Crippen molar-refractivity contribution in [2.24, 2.45) is 7.05 Å². The molecule has 0 unspecified atom stereocenters. The third-order valence-electron chi connectivity index (χ3n) is 4.21. The van der Waals surface area contributed by atoms with E-state index in [-0.39, 0.29) is 5.56 Å². The number of hydrogen-bond acceptors (Lipinski definition) is 4. The van der Waals surface area contributed by atoms with Crippen molar-refractivity contribution in [1.29, 1.82) is 0 Å². The molecule has 0 saturated carbocycles. The number of hydrogen-bond donors (Lipinski definition) is 2. The first kappa shape index (κ1) is 15.5. The molecule has 1 aliphatic rings. The summed E-state index contributed by atoms with van der Waals surface area (Å²) in [5, 5.41) is 19.6. The molecule has 122 valence electrons. The van der Waals surface area contributed by atoms with Gasteiger partial charge in [-0.15, -0.1) is 0 Å². The molecule has 1 aliphatic heterocycles. The van der Waals surface area contributed by atoms with E-state index in [9.17, 15) is 19.8 Å². The molecule has 0 bridgehead atoms. The molecule has 7 nitrogen and oxygen atoms in total. The van der Waals surface area contributed by atoms with E-state index in [2.05, 4.69) is 0 Å². The molecule has 0 aliphatic carbocycles. The fourth-order valence-corrected chi connectivity index (χ4v) is 3.10. The lowest BCUT2D eigenvalue weighted by Crippen LogP contribution is -2.42. The predicted molar refractivity (Wildman–Crippen MR) is 82.6 cm³/mol. The van der Waals surface area contributed by atoms with Crippen LogP contribution in [-0.2, 0) is 16.6 Å². The number of aliphatic carboxylic acids is 1. The van der Waals surface area contributed by atoms with Crippen LogP contribution in [0.1, 0.15) is 22.0 Å². The topological polar surface area (TPSA) is 92.0 Å². The molecular weight excluding hydrogens is 300 g/mol. The van der Waals surface area contributed by atoms with Crippen LogP contribution in [0.25, 0.3) is 10.9 Å². The molecule has 23 heavy (non-hydrogen) atoms. The van der Waals surface area contributed by atoms with Gasteiger partial charge in [0.15, 0.2) is 0 Å². The van der Waals surface area contributed by atoms with Gasteiger partial charge in [0.25, 0.3) is 0 Å². The van der Waals surface area contributed by atoms with E-state index < -0.39 is 18.0 Å². The Morgan fingerprint density at radius 3 is 2.52 bits per heavy atom. The minimum Gasteiger partial charge on any atom is -0.480 e. The van der Waals surface area contributed by atoms with Crippen molar-refractivity contribution < 1.29 is 24.5 Å². The van der Waals surface area contributed by atoms with Gasteiger partial charge in [-0.2, -0.15) is 0 Å². The number of aromatic nitrogens is 1. The molecule has 1 saturated heterocycles. The van der Waals surface area contributed by atoms with Crippen molar-refractivity contribution in [2.75, 3.05) is 26.3 Å². The Morgan fingerprint density at radius 2 is 1.91 bits per heavy atom. The number of carboxylic acid groups (broad SMARTS) is 2. The van der Waals surface area contributed by atoms with Gasteiger partial charge in [0.1, 0.15) is 6.04 Å². The van der Waals surface area contributed by atoms with E-state index in [0.29, 0.717) is 37.3 Å². The Hall–Kier alpha value is -2.38. The zero-order chi connectivity index (χ0) is 16.6. The predicted octanol–water partition coefficient (Wildman–Crippen LogP) is 1.33. The maximum Gasteiger partial charge on any atom is 0.335 e. The van der Waals surface area contributed by atoms with Gasteiger partial charge in [-0.05, 0) is 18.2 Å². The molecule has 2 aromatic rings. The summed E-state index contributed by atoms with van der Waals surface area (Å²) < 4.78 is 7.12. The highest BCUT2D eigenvalue weighted by molar-refractivity contribution is 5.96. The van der Waals surface area contributed by atoms with E-state index in [1.807, 2.05) is 16.5 Å². The smallest absolute Gasteiger partial charge is 0.335 e. The Balaban J connectivity index is 2.13. The molecule has 2 N–H and O–H groups in total. The zero-order valence-electron chi connectivity index (χ0n) is 12.7. The fourth-order valence-electron chi connectivity index (χ4n) is 3.10. The Kier molecular flexibility index (Phi) is 4.06. The molecule has 0 spiro atoms. The molecule has 1 aromatic carbocycles. The number of carboxylic acids is 2. The van der Waals surface area contributed by atoms with Crippen LogP contribution in [0.2, 0.25) is 0 Å². The maximum atomic E-state index is 11.9. The number of fused-ring (bicyclic) bond motifs is 1. The van der Waals surface area contributed by atoms with Gasteiger partial charge in [-0.3, -0.25) is 9.69 Å². The number of carbonyl (C=O) groups is 2. The molecule has 0 amide bonds. The summed E-state index contributed by atoms with van der Waals surface area (Å²) in [6, 6.07) is 3.97. The lowest BCUT2D eigenvalue weighted by atomic mass is 10.0. The first-order valence-corrected chi connectivity index (χ1v) is 7.36. The largest absolute Gasteiger partial charge is 0.480 e. The van der Waals surface area contributed by atoms with Crippen LogP contribution in [0, 0.1) is 0 Å². The minimum absolute atomic E-state index is 0.149. The molecule has 2 heterocycles. The van der Waals surface area contributed by atoms with Crippen LogP contribution in [0.15, 0.2) is 24.4 Å². The number of aryl methyl sites for hydroxylation is 1. The fraction of sp³-hybridized carbons (Fsp3) is 0.375. The van der Waals surface area contributed by atoms with Gasteiger partial charge in [0.2, 0.25) is 0 Å². The SMILES string of the molecule is Cn1cc([C@@H](C(=O)O)N2CCOCC2)c2cc(C(=O)O)ccc21. The Labute approximate surface area is 132 Å². The molecule has 7 heteroatoms. The summed E-state index contributed by atoms with van der Waals surface area (Å²) in [7, 11) is 1.82. The van der Waals surface area contributed by atoms with Gasteiger partial charge in [-0.25, -0.2) is 4.79 Å². The van der Waals surface area contributed by atoms with Crippen molar-refractivity contribution in [1.82, 2.24) is 9.47 Å². The van der Waals surface area contributed by atoms with Crippen LogP contribution in [0.5, 0.6) is 0 Å². The average molecular weight is 318 g/mol. The number of aromatic carboxylic acids is 1. The van der Waals surface area contributed by atoms with Gasteiger partial charge < -0.3 is 19.5 Å². The number of nitrogens with zero attached hydrogens (tertiary/aromatic N) is 2. The van der Waals surface area contributed by atoms with Crippen molar-refractivity contribution in [3.05, 3.63) is 35.5 Å². The van der Waals surface area contributed by atoms with Crippen LogP contribution >= 0.6 is 0 Å². The average Bonchev–Trinajstić information content (AvgIpc) is 2.84. The first-order chi connectivity index (χ1) is 11.0. The number of morpholine rings is 1. The molecule has 0 radical (unpaired) electrons. The van der Waals surface area contributed by atoms with Gasteiger partial charge >= 0.3 is 11.9 Å². The second kappa shape index (κ2) is 6.02. The monoisotopic (exact) mass is 318 g/mol. The summed E-state index contributed by atoms with van der Waals surface area (Å²) in [5.74, 6) is -1.97. The molecule has 3 rings (SSSR count). The third-order valence-corrected chi connectivity index (χ3v) is 4.21. The summed E-state index contributed by atoms with van der Waals surface area (Å²) in [4.78, 5) is 24.9. The third kappa shape index (κ3) is 2.80. The maximum absolute atomic E-state index is 11.9. The minimum atomic E-state index is -1.03. The Bertz CT molecular complexity index is 761. The summed E-state index contributed by atoms with van der Waals surface area (Å²) in [6.07, 6.45) is 1.77. The summed E-state index contributed by atoms with van der Waals surface area (Å²) in [6.45, 7) is 2.06. The molecule has 1 atom stereocenters. The standard InChI is InChI=1S/C16H18N2O5/c1-17-9-12(11-8-10(15(19)20)2-3-13(11)17)14(16(21)22)18-4-6-23-7-5-18/h2-3,8-9,14H,4-7H2,1H3,(H,19,20)(H,21,22)/t14-/m0/s1. The molecule has 1 aromatic heterocycles. The quantitative estimate of drug-likeness (QED) is 0.884. The van der Waals surface area contributed by atoms with Crippen LogP contribution in [0.4, 0.5) is 0 Å². The zero-order valence-corrected chi connectivity index (χ0v) is 12.7. The first-order valence-electron chi connectivity index (χ1n) is 7.36. The van der Waals surface area contributed by atoms with Gasteiger partial charge in [0.05, 0.1) is 18.8 Å². The van der Waals surface area contributed by atoms with Crippen LogP contribution in [0.3, 0.4) is 0 Å². The van der Waals surface area contributed by atoms with Crippen molar-refractivity contribution in [3.8, 4) is 0 Å². The summed E-state index contributed by atoms with van der Waals surface area (Å²) >= 11 is 0.